The molecule has 2 aromatic heterocycles. The van der Waals surface area contributed by atoms with Gasteiger partial charge in [-0.1, -0.05) is 24.0 Å². The molecular formula is C25H20N4O10S4. The second-order valence-electron chi connectivity index (χ2n) is 8.99. The second kappa shape index (κ2) is 11.8. The van der Waals surface area contributed by atoms with Gasteiger partial charge in [0.2, 0.25) is 5.88 Å². The maximum absolute atomic E-state index is 13.3. The van der Waals surface area contributed by atoms with Gasteiger partial charge in [0.25, 0.3) is 21.6 Å². The maximum atomic E-state index is 13.3. The Morgan fingerprint density at radius 1 is 1.02 bits per heavy atom. The molecule has 0 saturated carbocycles. The number of ether oxygens (including phenoxy) is 1. The largest absolute Gasteiger partial charge is 0.480 e. The third-order valence-electron chi connectivity index (χ3n) is 6.10. The molecule has 14 nitrogen and oxygen atoms in total. The zero-order chi connectivity index (χ0) is 31.1. The van der Waals surface area contributed by atoms with Crippen LogP contribution in [-0.4, -0.2) is 78.2 Å². The van der Waals surface area contributed by atoms with Gasteiger partial charge in [-0.2, -0.15) is 8.42 Å². The van der Waals surface area contributed by atoms with Crippen molar-refractivity contribution in [2.24, 2.45) is 0 Å². The van der Waals surface area contributed by atoms with Gasteiger partial charge in [-0.25, -0.2) is 0 Å². The Labute approximate surface area is 255 Å². The zero-order valence-corrected chi connectivity index (χ0v) is 24.9. The zero-order valence-electron chi connectivity index (χ0n) is 21.6. The van der Waals surface area contributed by atoms with Crippen LogP contribution in [0.4, 0.5) is 5.69 Å². The molecule has 5 rings (SSSR count). The molecule has 0 unspecified atom stereocenters. The van der Waals surface area contributed by atoms with Crippen molar-refractivity contribution in [3.05, 3.63) is 74.2 Å². The number of nitrogens with zero attached hydrogens (tertiary/aromatic N) is 4. The van der Waals surface area contributed by atoms with E-state index in [9.17, 15) is 37.3 Å². The highest BCUT2D eigenvalue weighted by Crippen LogP contribution is 2.40. The Kier molecular flexibility index (Phi) is 8.30. The van der Waals surface area contributed by atoms with Gasteiger partial charge in [-0.15, -0.1) is 11.3 Å². The number of rotatable bonds is 9. The van der Waals surface area contributed by atoms with Crippen LogP contribution in [-0.2, 0) is 31.0 Å². The number of benzene rings is 1. The van der Waals surface area contributed by atoms with Crippen molar-refractivity contribution in [2.75, 3.05) is 23.7 Å². The van der Waals surface area contributed by atoms with Crippen LogP contribution >= 0.6 is 35.3 Å². The molecule has 1 fully saturated rings. The smallest absolute Gasteiger partial charge is 0.323 e. The summed E-state index contributed by atoms with van der Waals surface area (Å²) < 4.78 is 41.1. The lowest BCUT2D eigenvalue weighted by Crippen LogP contribution is -2.36. The van der Waals surface area contributed by atoms with Crippen molar-refractivity contribution in [3.8, 4) is 11.4 Å². The molecule has 2 aliphatic heterocycles. The summed E-state index contributed by atoms with van der Waals surface area (Å²) in [4.78, 5) is 51.2. The standard InChI is InChI=1S/C25H20N4O10S4/c30-19(31)12-28-22(34)17(41-24(28)21-23(35)29(13-20(32)33)25(40)42-21)5-6-18-27(9-10-43(36,37)38)15-11-14(3-4-16(15)39-18)26-7-1-2-8-26/h1-8,11H,9-10,12-13H2,(H,30,31)(H,32,33)(H,36,37,38)/b17-5-,18-6+,24-21+. The normalized spacial score (nSPS) is 17.6. The Balaban J connectivity index is 1.60. The molecule has 3 N–H and O–H groups in total. The lowest BCUT2D eigenvalue weighted by atomic mass is 10.2. The summed E-state index contributed by atoms with van der Waals surface area (Å²) >= 11 is 6.68. The van der Waals surface area contributed by atoms with Crippen molar-refractivity contribution in [1.82, 2.24) is 14.0 Å². The van der Waals surface area contributed by atoms with E-state index in [4.69, 9.17) is 22.1 Å². The van der Waals surface area contributed by atoms with Gasteiger partial charge in [0, 0.05) is 30.7 Å². The number of aliphatic carboxylic acids is 2. The molecule has 2 aliphatic rings. The highest BCUT2D eigenvalue weighted by atomic mass is 32.2. The fraction of sp³-hybridized carbons (Fsp3) is 0.160. The minimum Gasteiger partial charge on any atom is -0.480 e. The number of carbonyl (C=O) groups is 3. The summed E-state index contributed by atoms with van der Waals surface area (Å²) in [6.07, 6.45) is 6.36. The number of thioether (sulfide) groups is 1. The predicted molar refractivity (Wildman–Crippen MR) is 161 cm³/mol. The molecule has 1 saturated heterocycles. The van der Waals surface area contributed by atoms with E-state index in [1.807, 2.05) is 29.1 Å². The van der Waals surface area contributed by atoms with Gasteiger partial charge in [0.05, 0.1) is 16.0 Å². The van der Waals surface area contributed by atoms with Gasteiger partial charge in [-0.3, -0.25) is 33.2 Å². The molecule has 43 heavy (non-hydrogen) atoms. The van der Waals surface area contributed by atoms with E-state index in [1.54, 1.807) is 18.2 Å². The molecule has 0 aliphatic carbocycles. The minimum absolute atomic E-state index is 0.00886. The fourth-order valence-corrected chi connectivity index (χ4v) is 7.11. The lowest BCUT2D eigenvalue weighted by molar-refractivity contribution is -0.140. The van der Waals surface area contributed by atoms with Gasteiger partial charge in [0.1, 0.15) is 27.0 Å². The van der Waals surface area contributed by atoms with Gasteiger partial charge in [-0.05, 0) is 36.4 Å². The van der Waals surface area contributed by atoms with E-state index in [1.165, 1.54) is 17.1 Å². The Morgan fingerprint density at radius 2 is 1.72 bits per heavy atom. The van der Waals surface area contributed by atoms with Crippen molar-refractivity contribution in [1.29, 1.82) is 0 Å². The van der Waals surface area contributed by atoms with Crippen LogP contribution in [0.1, 0.15) is 0 Å². The van der Waals surface area contributed by atoms with Crippen LogP contribution < -0.4 is 24.4 Å². The fourth-order valence-electron chi connectivity index (χ4n) is 4.24. The number of anilines is 1. The van der Waals surface area contributed by atoms with Crippen LogP contribution in [0.25, 0.3) is 16.7 Å². The maximum Gasteiger partial charge on any atom is 0.323 e. The van der Waals surface area contributed by atoms with E-state index in [0.29, 0.717) is 11.4 Å². The molecule has 0 radical (unpaired) electrons. The summed E-state index contributed by atoms with van der Waals surface area (Å²) in [7, 11) is -4.34. The highest BCUT2D eigenvalue weighted by molar-refractivity contribution is 8.30. The number of thiocarbonyl (C=S) groups is 1. The molecule has 3 aromatic rings. The number of carbonyl (C=O) groups excluding carboxylic acids is 1. The van der Waals surface area contributed by atoms with Gasteiger partial charge in [0.15, 0.2) is 5.75 Å². The first-order valence-corrected chi connectivity index (χ1v) is 15.8. The quantitative estimate of drug-likeness (QED) is 0.209. The SMILES string of the molecule is O=C(O)CN1C(=O)/C(=c2\s/c(=C\C=C3\Oc4ccc(-n5cccc5)cc4N3CCS(=O)(=O)O)c(=O)n2CC(=O)O)SC1=S. The number of fused-ring (bicyclic) bond motifs is 1. The first-order valence-electron chi connectivity index (χ1n) is 12.1. The van der Waals surface area contributed by atoms with Crippen molar-refractivity contribution in [2.45, 2.75) is 6.54 Å². The molecule has 0 spiro atoms. The number of carboxylic acids is 2. The second-order valence-corrected chi connectivity index (χ2v) is 13.2. The molecule has 224 valence electrons. The highest BCUT2D eigenvalue weighted by Gasteiger charge is 2.35. The lowest BCUT2D eigenvalue weighted by Gasteiger charge is -2.17. The number of thiazole rings is 1. The molecule has 1 amide bonds. The molecule has 4 heterocycles. The number of amides is 1. The van der Waals surface area contributed by atoms with Crippen molar-refractivity contribution in [3.63, 3.8) is 0 Å². The Morgan fingerprint density at radius 3 is 2.37 bits per heavy atom. The number of aromatic nitrogens is 2. The van der Waals surface area contributed by atoms with E-state index < -0.39 is 52.4 Å². The topological polar surface area (TPSA) is 189 Å². The third-order valence-corrected chi connectivity index (χ3v) is 9.52. The summed E-state index contributed by atoms with van der Waals surface area (Å²) in [6.45, 7) is -1.67. The number of hydrogen-bond acceptors (Lipinski definition) is 11. The van der Waals surface area contributed by atoms with E-state index in [0.717, 1.165) is 38.3 Å². The summed E-state index contributed by atoms with van der Waals surface area (Å²) in [6, 6.07) is 8.89. The van der Waals surface area contributed by atoms with Crippen LogP contribution in [0.5, 0.6) is 5.75 Å². The van der Waals surface area contributed by atoms with Crippen molar-refractivity contribution < 1.29 is 42.3 Å². The summed E-state index contributed by atoms with van der Waals surface area (Å²) in [5, 5.41) is 18.5. The van der Waals surface area contributed by atoms with Crippen molar-refractivity contribution >= 4 is 84.3 Å². The third kappa shape index (κ3) is 6.42. The molecule has 0 bridgehead atoms. The van der Waals surface area contributed by atoms with Crippen LogP contribution in [0.15, 0.2) is 59.5 Å². The average molecular weight is 665 g/mol. The van der Waals surface area contributed by atoms with E-state index in [2.05, 4.69) is 0 Å². The molecule has 0 atom stereocenters. The average Bonchev–Trinajstić information content (AvgIpc) is 3.69. The Bertz CT molecular complexity index is 1990. The minimum atomic E-state index is -4.34. The first-order chi connectivity index (χ1) is 20.3. The Hall–Kier alpha value is -4.23. The van der Waals surface area contributed by atoms with E-state index >= 15 is 0 Å². The monoisotopic (exact) mass is 664 g/mol. The van der Waals surface area contributed by atoms with Gasteiger partial charge >= 0.3 is 11.9 Å². The number of carboxylic acid groups (broad SMARTS) is 2. The van der Waals surface area contributed by atoms with Gasteiger partial charge < -0.3 is 24.4 Å². The summed E-state index contributed by atoms with van der Waals surface area (Å²) in [5.41, 5.74) is 0.511. The van der Waals surface area contributed by atoms with Crippen LogP contribution in [0.2, 0.25) is 0 Å². The first kappa shape index (κ1) is 30.2. The molecule has 1 aromatic carbocycles. The molecule has 18 heteroatoms. The van der Waals surface area contributed by atoms with Crippen LogP contribution in [0, 0.1) is 0 Å². The molecular weight excluding hydrogens is 645 g/mol. The van der Waals surface area contributed by atoms with E-state index in [-0.39, 0.29) is 30.8 Å². The predicted octanol–water partition coefficient (Wildman–Crippen LogP) is 0.247. The summed E-state index contributed by atoms with van der Waals surface area (Å²) in [5.74, 6) is -3.54. The van der Waals surface area contributed by atoms with Crippen LogP contribution in [0.3, 0.4) is 0 Å². The number of hydrogen-bond donors (Lipinski definition) is 3. The number of allylic oxidation sites excluding steroid dienone is 1.